The van der Waals surface area contributed by atoms with Gasteiger partial charge in [-0.25, -0.2) is 0 Å². The Balaban J connectivity index is 1.91. The fraction of sp³-hybridized carbons (Fsp3) is 0.571. The number of hydrogen-bond donors (Lipinski definition) is 1. The van der Waals surface area contributed by atoms with Crippen LogP contribution in [0.25, 0.3) is 0 Å². The molecule has 0 amide bonds. The molecule has 17 heavy (non-hydrogen) atoms. The predicted molar refractivity (Wildman–Crippen MR) is 76.2 cm³/mol. The van der Waals surface area contributed by atoms with E-state index in [0.717, 1.165) is 19.0 Å². The fourth-order valence-corrected chi connectivity index (χ4v) is 2.93. The lowest BCUT2D eigenvalue weighted by atomic mass is 10.1. The highest BCUT2D eigenvalue weighted by atomic mass is 79.9. The van der Waals surface area contributed by atoms with Gasteiger partial charge in [0.2, 0.25) is 0 Å². The molecule has 0 bridgehead atoms. The molecule has 1 aliphatic rings. The number of rotatable bonds is 4. The number of aryl methyl sites for hydroxylation is 1. The van der Waals surface area contributed by atoms with Crippen molar-refractivity contribution in [3.05, 3.63) is 33.8 Å². The van der Waals surface area contributed by atoms with Crippen molar-refractivity contribution in [3.8, 4) is 0 Å². The molecule has 1 saturated heterocycles. The van der Waals surface area contributed by atoms with Gasteiger partial charge in [-0.3, -0.25) is 4.90 Å². The standard InChI is InChI=1S/C14H21BrN2/c1-11-3-4-12(7-14(11)15)9-17-6-5-13(10-17)8-16-2/h3-4,7,13,16H,5-6,8-10H2,1-2H3. The van der Waals surface area contributed by atoms with E-state index in [2.05, 4.69) is 51.3 Å². The zero-order valence-electron chi connectivity index (χ0n) is 10.7. The van der Waals surface area contributed by atoms with Crippen molar-refractivity contribution in [2.45, 2.75) is 19.9 Å². The number of nitrogens with zero attached hydrogens (tertiary/aromatic N) is 1. The normalized spacial score (nSPS) is 21.0. The molecule has 2 nitrogen and oxygen atoms in total. The van der Waals surface area contributed by atoms with Crippen molar-refractivity contribution in [2.24, 2.45) is 5.92 Å². The molecule has 1 aromatic carbocycles. The number of hydrogen-bond acceptors (Lipinski definition) is 2. The zero-order chi connectivity index (χ0) is 12.3. The van der Waals surface area contributed by atoms with Gasteiger partial charge >= 0.3 is 0 Å². The SMILES string of the molecule is CNCC1CCN(Cc2ccc(C)c(Br)c2)C1. The first kappa shape index (κ1) is 13.1. The van der Waals surface area contributed by atoms with Gasteiger partial charge < -0.3 is 5.32 Å². The number of nitrogens with one attached hydrogen (secondary N) is 1. The second-order valence-electron chi connectivity index (χ2n) is 5.03. The van der Waals surface area contributed by atoms with Crippen LogP contribution in [0.3, 0.4) is 0 Å². The molecule has 1 aromatic rings. The monoisotopic (exact) mass is 296 g/mol. The van der Waals surface area contributed by atoms with Crippen molar-refractivity contribution < 1.29 is 0 Å². The maximum absolute atomic E-state index is 3.60. The van der Waals surface area contributed by atoms with Crippen LogP contribution in [0.1, 0.15) is 17.5 Å². The first-order valence-electron chi connectivity index (χ1n) is 6.31. The van der Waals surface area contributed by atoms with Gasteiger partial charge in [0.25, 0.3) is 0 Å². The Kier molecular flexibility index (Phi) is 4.60. The first-order chi connectivity index (χ1) is 8.19. The highest BCUT2D eigenvalue weighted by molar-refractivity contribution is 9.10. The average Bonchev–Trinajstić information content (AvgIpc) is 2.72. The largest absolute Gasteiger partial charge is 0.319 e. The van der Waals surface area contributed by atoms with Crippen LogP contribution in [0.5, 0.6) is 0 Å². The molecule has 0 aromatic heterocycles. The van der Waals surface area contributed by atoms with Crippen LogP contribution in [0.4, 0.5) is 0 Å². The van der Waals surface area contributed by atoms with E-state index in [1.807, 2.05) is 7.05 Å². The molecule has 2 rings (SSSR count). The van der Waals surface area contributed by atoms with Crippen molar-refractivity contribution >= 4 is 15.9 Å². The maximum Gasteiger partial charge on any atom is 0.0234 e. The van der Waals surface area contributed by atoms with Crippen molar-refractivity contribution in [1.29, 1.82) is 0 Å². The molecule has 0 radical (unpaired) electrons. The van der Waals surface area contributed by atoms with Crippen LogP contribution in [0.15, 0.2) is 22.7 Å². The van der Waals surface area contributed by atoms with Gasteiger partial charge in [0.15, 0.2) is 0 Å². The van der Waals surface area contributed by atoms with Gasteiger partial charge in [-0.1, -0.05) is 28.1 Å². The third-order valence-corrected chi connectivity index (χ3v) is 4.36. The molecule has 1 atom stereocenters. The van der Waals surface area contributed by atoms with E-state index in [0.29, 0.717) is 0 Å². The second kappa shape index (κ2) is 5.98. The Morgan fingerprint density at radius 2 is 2.29 bits per heavy atom. The summed E-state index contributed by atoms with van der Waals surface area (Å²) in [5.41, 5.74) is 2.72. The molecule has 0 spiro atoms. The zero-order valence-corrected chi connectivity index (χ0v) is 12.3. The summed E-state index contributed by atoms with van der Waals surface area (Å²) in [4.78, 5) is 2.55. The van der Waals surface area contributed by atoms with E-state index in [9.17, 15) is 0 Å². The average molecular weight is 297 g/mol. The van der Waals surface area contributed by atoms with E-state index in [4.69, 9.17) is 0 Å². The lowest BCUT2D eigenvalue weighted by molar-refractivity contribution is 0.315. The van der Waals surface area contributed by atoms with E-state index in [1.165, 1.54) is 35.1 Å². The van der Waals surface area contributed by atoms with Crippen LogP contribution in [-0.2, 0) is 6.54 Å². The Hall–Kier alpha value is -0.380. The van der Waals surface area contributed by atoms with Crippen molar-refractivity contribution in [1.82, 2.24) is 10.2 Å². The van der Waals surface area contributed by atoms with Crippen LogP contribution in [-0.4, -0.2) is 31.6 Å². The Labute approximate surface area is 113 Å². The quantitative estimate of drug-likeness (QED) is 0.919. The van der Waals surface area contributed by atoms with Crippen molar-refractivity contribution in [3.63, 3.8) is 0 Å². The summed E-state index contributed by atoms with van der Waals surface area (Å²) in [7, 11) is 2.04. The summed E-state index contributed by atoms with van der Waals surface area (Å²) in [6, 6.07) is 6.69. The minimum atomic E-state index is 0.828. The third-order valence-electron chi connectivity index (χ3n) is 3.51. The Bertz CT molecular complexity index is 378. The molecule has 0 saturated carbocycles. The Morgan fingerprint density at radius 3 is 3.00 bits per heavy atom. The van der Waals surface area contributed by atoms with Gasteiger partial charge in [0, 0.05) is 17.6 Å². The second-order valence-corrected chi connectivity index (χ2v) is 5.89. The van der Waals surface area contributed by atoms with Crippen LogP contribution < -0.4 is 5.32 Å². The highest BCUT2D eigenvalue weighted by Gasteiger charge is 2.21. The third kappa shape index (κ3) is 3.54. The molecule has 1 unspecified atom stereocenters. The molecule has 1 N–H and O–H groups in total. The van der Waals surface area contributed by atoms with Gasteiger partial charge in [0.1, 0.15) is 0 Å². The molecular formula is C14H21BrN2. The smallest absolute Gasteiger partial charge is 0.0234 e. The van der Waals surface area contributed by atoms with Gasteiger partial charge in [-0.15, -0.1) is 0 Å². The highest BCUT2D eigenvalue weighted by Crippen LogP contribution is 2.21. The molecular weight excluding hydrogens is 276 g/mol. The Morgan fingerprint density at radius 1 is 1.47 bits per heavy atom. The summed E-state index contributed by atoms with van der Waals surface area (Å²) >= 11 is 3.60. The fourth-order valence-electron chi connectivity index (χ4n) is 2.50. The topological polar surface area (TPSA) is 15.3 Å². The molecule has 0 aliphatic carbocycles. The van der Waals surface area contributed by atoms with E-state index >= 15 is 0 Å². The first-order valence-corrected chi connectivity index (χ1v) is 7.10. The van der Waals surface area contributed by atoms with E-state index in [1.54, 1.807) is 0 Å². The molecule has 1 heterocycles. The number of halogens is 1. The summed E-state index contributed by atoms with van der Waals surface area (Å²) in [6.07, 6.45) is 1.33. The van der Waals surface area contributed by atoms with Crippen molar-refractivity contribution in [2.75, 3.05) is 26.7 Å². The molecule has 94 valence electrons. The summed E-state index contributed by atoms with van der Waals surface area (Å²) in [6.45, 7) is 6.82. The summed E-state index contributed by atoms with van der Waals surface area (Å²) in [5.74, 6) is 0.828. The van der Waals surface area contributed by atoms with E-state index < -0.39 is 0 Å². The minimum Gasteiger partial charge on any atom is -0.319 e. The molecule has 1 fully saturated rings. The van der Waals surface area contributed by atoms with Gasteiger partial charge in [-0.2, -0.15) is 0 Å². The minimum absolute atomic E-state index is 0.828. The molecule has 1 aliphatic heterocycles. The molecule has 3 heteroatoms. The number of likely N-dealkylation sites (tertiary alicyclic amines) is 1. The van der Waals surface area contributed by atoms with Crippen LogP contribution in [0.2, 0.25) is 0 Å². The summed E-state index contributed by atoms with van der Waals surface area (Å²) < 4.78 is 1.22. The van der Waals surface area contributed by atoms with E-state index in [-0.39, 0.29) is 0 Å². The predicted octanol–water partition coefficient (Wildman–Crippen LogP) is 2.80. The lowest BCUT2D eigenvalue weighted by Crippen LogP contribution is -2.24. The maximum atomic E-state index is 3.60. The van der Waals surface area contributed by atoms with Gasteiger partial charge in [0.05, 0.1) is 0 Å². The van der Waals surface area contributed by atoms with Crippen LogP contribution >= 0.6 is 15.9 Å². The lowest BCUT2D eigenvalue weighted by Gasteiger charge is -2.16. The number of benzene rings is 1. The van der Waals surface area contributed by atoms with Crippen LogP contribution in [0, 0.1) is 12.8 Å². The summed E-state index contributed by atoms with van der Waals surface area (Å²) in [5, 5.41) is 3.28. The van der Waals surface area contributed by atoms with Gasteiger partial charge in [-0.05, 0) is 56.6 Å².